The van der Waals surface area contributed by atoms with Gasteiger partial charge in [-0.2, -0.15) is 0 Å². The summed E-state index contributed by atoms with van der Waals surface area (Å²) in [7, 11) is 0. The highest BCUT2D eigenvalue weighted by molar-refractivity contribution is 7.16. The van der Waals surface area contributed by atoms with Crippen LogP contribution in [0.1, 0.15) is 39.2 Å². The molecule has 0 aliphatic heterocycles. The lowest BCUT2D eigenvalue weighted by Crippen LogP contribution is -2.14. The first kappa shape index (κ1) is 17.0. The number of nitrogens with two attached hydrogens (primary N) is 1. The molecule has 0 saturated heterocycles. The number of allylic oxidation sites excluding steroid dienone is 1. The summed E-state index contributed by atoms with van der Waals surface area (Å²) < 4.78 is 0. The van der Waals surface area contributed by atoms with Crippen molar-refractivity contribution in [2.75, 3.05) is 0 Å². The van der Waals surface area contributed by atoms with Crippen LogP contribution in [-0.4, -0.2) is 17.0 Å². The summed E-state index contributed by atoms with van der Waals surface area (Å²) in [6.45, 7) is 0. The number of carbonyl (C=O) groups excluding carboxylic acids is 1. The minimum atomic E-state index is -0.432. The number of benzene rings is 1. The molecule has 25 heavy (non-hydrogen) atoms. The molecule has 0 saturated carbocycles. The first-order valence-electron chi connectivity index (χ1n) is 7.96. The largest absolute Gasteiger partial charge is 0.365 e. The minimum absolute atomic E-state index is 0.0566. The van der Waals surface area contributed by atoms with E-state index in [0.717, 1.165) is 36.8 Å². The van der Waals surface area contributed by atoms with Crippen LogP contribution in [0.3, 0.4) is 0 Å². The fraction of sp³-hybridized carbons (Fsp3) is 0.222. The topological polar surface area (TPSA) is 98.6 Å². The predicted molar refractivity (Wildman–Crippen MR) is 99.8 cm³/mol. The average molecular weight is 355 g/mol. The molecule has 2 aromatic rings. The highest BCUT2D eigenvalue weighted by atomic mass is 32.1. The molecular formula is C18H17N3O3S. The smallest absolute Gasteiger partial charge is 0.269 e. The Morgan fingerprint density at radius 1 is 1.24 bits per heavy atom. The Bertz CT molecular complexity index is 866. The Kier molecular flexibility index (Phi) is 5.04. The maximum absolute atomic E-state index is 11.8. The number of nitro benzene ring substituents is 1. The Labute approximate surface area is 148 Å². The van der Waals surface area contributed by atoms with E-state index in [1.54, 1.807) is 30.5 Å². The van der Waals surface area contributed by atoms with E-state index in [4.69, 9.17) is 5.73 Å². The number of aryl methyl sites for hydroxylation is 1. The van der Waals surface area contributed by atoms with Crippen LogP contribution in [0.4, 0.5) is 10.7 Å². The van der Waals surface area contributed by atoms with E-state index in [2.05, 4.69) is 4.99 Å². The predicted octanol–water partition coefficient (Wildman–Crippen LogP) is 4.05. The number of amides is 1. The third-order valence-electron chi connectivity index (χ3n) is 4.07. The van der Waals surface area contributed by atoms with Crippen LogP contribution < -0.4 is 5.73 Å². The minimum Gasteiger partial charge on any atom is -0.365 e. The standard InChI is InChI=1S/C18H17N3O3S/c19-17(22)16-14-5-1-2-6-15(14)25-18(16)20-11-3-4-12-7-9-13(10-8-12)21(23)24/h3-4,7-11H,1-2,5-6H2,(H2,19,22)/b4-3+,20-11+. The zero-order valence-corrected chi connectivity index (χ0v) is 14.3. The quantitative estimate of drug-likeness (QED) is 0.497. The average Bonchev–Trinajstić information content (AvgIpc) is 2.97. The van der Waals surface area contributed by atoms with Crippen molar-refractivity contribution < 1.29 is 9.72 Å². The SMILES string of the molecule is NC(=O)c1c(/N=C/C=C/c2ccc([N+](=O)[O-])cc2)sc2c1CCCC2. The van der Waals surface area contributed by atoms with Crippen molar-refractivity contribution in [3.63, 3.8) is 0 Å². The molecule has 128 valence electrons. The molecule has 0 atom stereocenters. The van der Waals surface area contributed by atoms with Crippen LogP contribution in [0.2, 0.25) is 0 Å². The molecule has 0 fully saturated rings. The number of carbonyl (C=O) groups is 1. The van der Waals surface area contributed by atoms with Crippen molar-refractivity contribution in [2.24, 2.45) is 10.7 Å². The highest BCUT2D eigenvalue weighted by Gasteiger charge is 2.23. The lowest BCUT2D eigenvalue weighted by molar-refractivity contribution is -0.384. The van der Waals surface area contributed by atoms with Gasteiger partial charge in [-0.05, 0) is 55.0 Å². The van der Waals surface area contributed by atoms with E-state index >= 15 is 0 Å². The number of thiophene rings is 1. The van der Waals surface area contributed by atoms with Gasteiger partial charge in [0.1, 0.15) is 5.00 Å². The molecule has 1 amide bonds. The number of fused-ring (bicyclic) bond motifs is 1. The van der Waals surface area contributed by atoms with Crippen molar-refractivity contribution in [1.82, 2.24) is 0 Å². The van der Waals surface area contributed by atoms with Gasteiger partial charge in [0.15, 0.2) is 0 Å². The Morgan fingerprint density at radius 3 is 2.64 bits per heavy atom. The molecule has 1 heterocycles. The van der Waals surface area contributed by atoms with Crippen molar-refractivity contribution in [3.05, 3.63) is 62.0 Å². The van der Waals surface area contributed by atoms with Crippen LogP contribution in [0.15, 0.2) is 35.3 Å². The number of hydrogen-bond acceptors (Lipinski definition) is 5. The second-order valence-electron chi connectivity index (χ2n) is 5.74. The van der Waals surface area contributed by atoms with Crippen LogP contribution in [-0.2, 0) is 12.8 Å². The van der Waals surface area contributed by atoms with Gasteiger partial charge in [-0.1, -0.05) is 6.08 Å². The summed E-state index contributed by atoms with van der Waals surface area (Å²) in [6, 6.07) is 6.24. The van der Waals surface area contributed by atoms with E-state index in [9.17, 15) is 14.9 Å². The molecular weight excluding hydrogens is 338 g/mol. The third-order valence-corrected chi connectivity index (χ3v) is 5.27. The van der Waals surface area contributed by atoms with E-state index in [1.165, 1.54) is 28.3 Å². The molecule has 1 aromatic heterocycles. The summed E-state index contributed by atoms with van der Waals surface area (Å²) in [5.74, 6) is -0.425. The van der Waals surface area contributed by atoms with E-state index in [-0.39, 0.29) is 5.69 Å². The molecule has 2 N–H and O–H groups in total. The fourth-order valence-electron chi connectivity index (χ4n) is 2.87. The second kappa shape index (κ2) is 7.40. The van der Waals surface area contributed by atoms with Gasteiger partial charge < -0.3 is 5.73 Å². The molecule has 1 aromatic carbocycles. The van der Waals surface area contributed by atoms with Crippen LogP contribution in [0.25, 0.3) is 6.08 Å². The van der Waals surface area contributed by atoms with Crippen LogP contribution in [0.5, 0.6) is 0 Å². The van der Waals surface area contributed by atoms with Gasteiger partial charge in [0, 0.05) is 23.2 Å². The Hall–Kier alpha value is -2.80. The summed E-state index contributed by atoms with van der Waals surface area (Å²) >= 11 is 1.53. The number of aliphatic imine (C=N–C) groups is 1. The second-order valence-corrected chi connectivity index (χ2v) is 6.82. The van der Waals surface area contributed by atoms with Crippen molar-refractivity contribution in [1.29, 1.82) is 0 Å². The first-order valence-corrected chi connectivity index (χ1v) is 8.77. The molecule has 6 nitrogen and oxygen atoms in total. The van der Waals surface area contributed by atoms with Crippen LogP contribution >= 0.6 is 11.3 Å². The molecule has 1 aliphatic rings. The van der Waals surface area contributed by atoms with Crippen LogP contribution in [0, 0.1) is 10.1 Å². The molecule has 0 spiro atoms. The molecule has 0 radical (unpaired) electrons. The Balaban J connectivity index is 1.77. The van der Waals surface area contributed by atoms with Gasteiger partial charge in [0.2, 0.25) is 0 Å². The summed E-state index contributed by atoms with van der Waals surface area (Å²) in [5.41, 5.74) is 8.05. The molecule has 7 heteroatoms. The van der Waals surface area contributed by atoms with Gasteiger partial charge >= 0.3 is 0 Å². The van der Waals surface area contributed by atoms with Gasteiger partial charge in [-0.15, -0.1) is 11.3 Å². The van der Waals surface area contributed by atoms with Gasteiger partial charge in [-0.25, -0.2) is 4.99 Å². The number of hydrogen-bond donors (Lipinski definition) is 1. The number of nitro groups is 1. The zero-order chi connectivity index (χ0) is 17.8. The van der Waals surface area contributed by atoms with Crippen molar-refractivity contribution >= 4 is 40.2 Å². The Morgan fingerprint density at radius 2 is 1.96 bits per heavy atom. The number of rotatable bonds is 5. The van der Waals surface area contributed by atoms with Gasteiger partial charge in [0.05, 0.1) is 10.5 Å². The fourth-order valence-corrected chi connectivity index (χ4v) is 4.12. The maximum atomic E-state index is 11.8. The summed E-state index contributed by atoms with van der Waals surface area (Å²) in [5, 5.41) is 11.3. The molecule has 1 aliphatic carbocycles. The molecule has 0 bridgehead atoms. The number of non-ortho nitro benzene ring substituents is 1. The summed E-state index contributed by atoms with van der Waals surface area (Å²) in [4.78, 5) is 27.6. The zero-order valence-electron chi connectivity index (χ0n) is 13.5. The molecule has 3 rings (SSSR count). The van der Waals surface area contributed by atoms with E-state index in [1.807, 2.05) is 0 Å². The van der Waals surface area contributed by atoms with Gasteiger partial charge in [-0.3, -0.25) is 14.9 Å². The number of nitrogens with zero attached hydrogens (tertiary/aromatic N) is 2. The third kappa shape index (κ3) is 3.83. The monoisotopic (exact) mass is 355 g/mol. The lowest BCUT2D eigenvalue weighted by Gasteiger charge is -2.10. The highest BCUT2D eigenvalue weighted by Crippen LogP contribution is 2.39. The molecule has 0 unspecified atom stereocenters. The summed E-state index contributed by atoms with van der Waals surface area (Å²) in [6.07, 6.45) is 9.23. The maximum Gasteiger partial charge on any atom is 0.269 e. The first-order chi connectivity index (χ1) is 12.1. The normalized spacial score (nSPS) is 14.1. The van der Waals surface area contributed by atoms with Gasteiger partial charge in [0.25, 0.3) is 11.6 Å². The van der Waals surface area contributed by atoms with E-state index in [0.29, 0.717) is 10.6 Å². The number of primary amides is 1. The van der Waals surface area contributed by atoms with Crippen molar-refractivity contribution in [2.45, 2.75) is 25.7 Å². The lowest BCUT2D eigenvalue weighted by atomic mass is 9.95. The van der Waals surface area contributed by atoms with Crippen molar-refractivity contribution in [3.8, 4) is 0 Å². The van der Waals surface area contributed by atoms with E-state index < -0.39 is 10.8 Å².